The first-order valence-corrected chi connectivity index (χ1v) is 7.04. The smallest absolute Gasteiger partial charge is 0.175 e. The minimum atomic E-state index is 0.591. The Bertz CT molecular complexity index is 552. The molecule has 0 aliphatic heterocycles. The number of nitrogens with one attached hydrogen (secondary N) is 2. The fourth-order valence-corrected chi connectivity index (χ4v) is 2.03. The van der Waals surface area contributed by atoms with Gasteiger partial charge in [-0.05, 0) is 55.5 Å². The fourth-order valence-electron chi connectivity index (χ4n) is 1.80. The number of anilines is 3. The van der Waals surface area contributed by atoms with E-state index in [1.165, 1.54) is 5.69 Å². The van der Waals surface area contributed by atoms with Crippen molar-refractivity contribution in [2.75, 3.05) is 29.1 Å². The fraction of sp³-hybridized carbons (Fsp3) is 0.188. The topological polar surface area (TPSA) is 27.3 Å². The molecule has 0 aliphatic carbocycles. The van der Waals surface area contributed by atoms with Gasteiger partial charge in [-0.1, -0.05) is 18.2 Å². The van der Waals surface area contributed by atoms with Crippen molar-refractivity contribution in [2.45, 2.75) is 6.92 Å². The van der Waals surface area contributed by atoms with E-state index in [4.69, 9.17) is 12.2 Å². The van der Waals surface area contributed by atoms with Crippen LogP contribution < -0.4 is 15.5 Å². The maximum Gasteiger partial charge on any atom is 0.175 e. The average Bonchev–Trinajstić information content (AvgIpc) is 2.48. The minimum Gasteiger partial charge on any atom is -0.375 e. The quantitative estimate of drug-likeness (QED) is 0.832. The lowest BCUT2D eigenvalue weighted by molar-refractivity contribution is 0.968. The maximum atomic E-state index is 5.29. The predicted octanol–water partition coefficient (Wildman–Crippen LogP) is 3.95. The molecule has 104 valence electrons. The van der Waals surface area contributed by atoms with Crippen LogP contribution in [0.2, 0.25) is 0 Å². The lowest BCUT2D eigenvalue weighted by Crippen LogP contribution is -2.19. The Balaban J connectivity index is 1.94. The Hall–Kier alpha value is -2.07. The van der Waals surface area contributed by atoms with E-state index >= 15 is 0 Å². The summed E-state index contributed by atoms with van der Waals surface area (Å²) >= 11 is 5.29. The van der Waals surface area contributed by atoms with Crippen molar-refractivity contribution in [3.05, 3.63) is 54.6 Å². The number of benzene rings is 2. The molecule has 2 rings (SSSR count). The van der Waals surface area contributed by atoms with Gasteiger partial charge >= 0.3 is 0 Å². The lowest BCUT2D eigenvalue weighted by Gasteiger charge is -2.17. The van der Waals surface area contributed by atoms with Gasteiger partial charge in [0.25, 0.3) is 0 Å². The zero-order chi connectivity index (χ0) is 14.4. The first-order valence-electron chi connectivity index (χ1n) is 6.63. The monoisotopic (exact) mass is 285 g/mol. The van der Waals surface area contributed by atoms with E-state index < -0.39 is 0 Å². The molecule has 0 saturated heterocycles. The molecule has 0 heterocycles. The van der Waals surface area contributed by atoms with Crippen LogP contribution in [0.15, 0.2) is 54.6 Å². The molecule has 0 bridgehead atoms. The summed E-state index contributed by atoms with van der Waals surface area (Å²) in [6.07, 6.45) is 0. The van der Waals surface area contributed by atoms with Crippen molar-refractivity contribution >= 4 is 34.4 Å². The highest BCUT2D eigenvalue weighted by molar-refractivity contribution is 7.80. The van der Waals surface area contributed by atoms with E-state index in [9.17, 15) is 0 Å². The van der Waals surface area contributed by atoms with E-state index in [1.807, 2.05) is 42.5 Å². The van der Waals surface area contributed by atoms with Crippen LogP contribution in [0.25, 0.3) is 0 Å². The molecule has 2 aromatic rings. The first kappa shape index (κ1) is 14.3. The first-order chi connectivity index (χ1) is 9.69. The van der Waals surface area contributed by atoms with Crippen molar-refractivity contribution in [3.8, 4) is 0 Å². The molecular formula is C16H19N3S. The number of hydrogen-bond acceptors (Lipinski definition) is 2. The normalized spacial score (nSPS) is 9.90. The number of hydrogen-bond donors (Lipinski definition) is 2. The van der Waals surface area contributed by atoms with Gasteiger partial charge in [0, 0.05) is 30.7 Å². The summed E-state index contributed by atoms with van der Waals surface area (Å²) in [5, 5.41) is 6.92. The Morgan fingerprint density at radius 1 is 0.950 bits per heavy atom. The summed E-state index contributed by atoms with van der Waals surface area (Å²) in [5.41, 5.74) is 3.15. The third kappa shape index (κ3) is 3.96. The van der Waals surface area contributed by atoms with E-state index in [0.717, 1.165) is 17.9 Å². The highest BCUT2D eigenvalue weighted by atomic mass is 32.1. The van der Waals surface area contributed by atoms with Gasteiger partial charge in [-0.3, -0.25) is 0 Å². The summed E-state index contributed by atoms with van der Waals surface area (Å²) < 4.78 is 0. The van der Waals surface area contributed by atoms with Crippen LogP contribution in [0.5, 0.6) is 0 Å². The molecule has 0 unspecified atom stereocenters. The molecule has 0 spiro atoms. The average molecular weight is 285 g/mol. The number of para-hydroxylation sites is 1. The predicted molar refractivity (Wildman–Crippen MR) is 91.7 cm³/mol. The van der Waals surface area contributed by atoms with Crippen LogP contribution in [0.1, 0.15) is 6.92 Å². The summed E-state index contributed by atoms with van der Waals surface area (Å²) in [6.45, 7) is 3.12. The van der Waals surface area contributed by atoms with E-state index in [0.29, 0.717) is 5.11 Å². The molecule has 0 radical (unpaired) electrons. The molecule has 0 amide bonds. The second kappa shape index (κ2) is 6.91. The van der Waals surface area contributed by atoms with Gasteiger partial charge in [0.2, 0.25) is 0 Å². The molecule has 3 nitrogen and oxygen atoms in total. The van der Waals surface area contributed by atoms with Crippen molar-refractivity contribution in [3.63, 3.8) is 0 Å². The van der Waals surface area contributed by atoms with Crippen molar-refractivity contribution < 1.29 is 0 Å². The molecule has 2 aromatic carbocycles. The molecule has 0 aliphatic rings. The Morgan fingerprint density at radius 3 is 2.05 bits per heavy atom. The molecule has 0 atom stereocenters. The largest absolute Gasteiger partial charge is 0.375 e. The molecule has 0 fully saturated rings. The molecular weight excluding hydrogens is 266 g/mol. The van der Waals surface area contributed by atoms with Gasteiger partial charge in [-0.15, -0.1) is 0 Å². The van der Waals surface area contributed by atoms with Gasteiger partial charge in [0.1, 0.15) is 0 Å². The second-order valence-electron chi connectivity index (χ2n) is 4.51. The van der Waals surface area contributed by atoms with E-state index in [2.05, 4.69) is 41.6 Å². The Labute approximate surface area is 125 Å². The zero-order valence-electron chi connectivity index (χ0n) is 11.8. The number of rotatable bonds is 4. The number of nitrogens with zero attached hydrogens (tertiary/aromatic N) is 1. The van der Waals surface area contributed by atoms with Crippen LogP contribution >= 0.6 is 12.2 Å². The second-order valence-corrected chi connectivity index (χ2v) is 4.91. The van der Waals surface area contributed by atoms with Gasteiger partial charge in [0.05, 0.1) is 0 Å². The van der Waals surface area contributed by atoms with Gasteiger partial charge in [0.15, 0.2) is 5.11 Å². The van der Waals surface area contributed by atoms with Gasteiger partial charge < -0.3 is 15.5 Å². The van der Waals surface area contributed by atoms with Crippen molar-refractivity contribution in [1.29, 1.82) is 0 Å². The highest BCUT2D eigenvalue weighted by Crippen LogP contribution is 2.17. The third-order valence-corrected chi connectivity index (χ3v) is 3.28. The molecule has 20 heavy (non-hydrogen) atoms. The Morgan fingerprint density at radius 2 is 1.50 bits per heavy atom. The van der Waals surface area contributed by atoms with E-state index in [-0.39, 0.29) is 0 Å². The Kier molecular flexibility index (Phi) is 4.96. The minimum absolute atomic E-state index is 0.591. The highest BCUT2D eigenvalue weighted by Gasteiger charge is 2.00. The van der Waals surface area contributed by atoms with Crippen molar-refractivity contribution in [1.82, 2.24) is 0 Å². The summed E-state index contributed by atoms with van der Waals surface area (Å²) in [4.78, 5) is 2.18. The van der Waals surface area contributed by atoms with Crippen molar-refractivity contribution in [2.24, 2.45) is 0 Å². The molecule has 0 aromatic heterocycles. The maximum absolute atomic E-state index is 5.29. The molecule has 4 heteroatoms. The van der Waals surface area contributed by atoms with Gasteiger partial charge in [-0.25, -0.2) is 0 Å². The van der Waals surface area contributed by atoms with Crippen LogP contribution in [0.4, 0.5) is 17.1 Å². The van der Waals surface area contributed by atoms with Gasteiger partial charge in [-0.2, -0.15) is 0 Å². The van der Waals surface area contributed by atoms with Crippen LogP contribution in [0, 0.1) is 0 Å². The standard InChI is InChI=1S/C16H19N3S/c1-3-19(2)15-11-9-14(10-12-15)18-16(20)17-13-7-5-4-6-8-13/h4-12H,3H2,1-2H3,(H2,17,18,20). The molecule has 2 N–H and O–H groups in total. The van der Waals surface area contributed by atoms with E-state index in [1.54, 1.807) is 0 Å². The zero-order valence-corrected chi connectivity index (χ0v) is 12.6. The lowest BCUT2D eigenvalue weighted by atomic mass is 10.2. The summed E-state index contributed by atoms with van der Waals surface area (Å²) in [6, 6.07) is 18.1. The van der Waals surface area contributed by atoms with Crippen LogP contribution in [-0.4, -0.2) is 18.7 Å². The summed E-state index contributed by atoms with van der Waals surface area (Å²) in [7, 11) is 2.07. The van der Waals surface area contributed by atoms with Crippen LogP contribution in [0.3, 0.4) is 0 Å². The van der Waals surface area contributed by atoms with Crippen LogP contribution in [-0.2, 0) is 0 Å². The SMILES string of the molecule is CCN(C)c1ccc(NC(=S)Nc2ccccc2)cc1. The summed E-state index contributed by atoms with van der Waals surface area (Å²) in [5.74, 6) is 0. The molecule has 0 saturated carbocycles. The third-order valence-electron chi connectivity index (χ3n) is 3.07. The number of thiocarbonyl (C=S) groups is 1.